The standard InChI is InChI=1S/C10H15N4O14P3/c11-10-13-8-7(9(16)26-10)12-3-14(8)6-1-4(15)5(25-6)2-24-30(20,21)28-31(22,23)27-29(17,18)19/h3-6,15H,1-2H2,(H2,11,13)(H,20,21)(H,22,23)(H2,17,18,19)/p-4/t4?,5-,6-/m1/s1. The molecular formula is C10H11N4O14P3-4. The number of fused-ring (bicyclic) bond motifs is 1. The average molecular weight is 504 g/mol. The topological polar surface area (TPSA) is 288 Å². The van der Waals surface area contributed by atoms with E-state index in [1.54, 1.807) is 0 Å². The zero-order chi connectivity index (χ0) is 23.2. The van der Waals surface area contributed by atoms with Gasteiger partial charge in [-0.3, -0.25) is 18.0 Å². The number of imidazole rings is 1. The van der Waals surface area contributed by atoms with Crippen molar-refractivity contribution in [2.24, 2.45) is 0 Å². The highest BCUT2D eigenvalue weighted by atomic mass is 31.3. The lowest BCUT2D eigenvalue weighted by Gasteiger charge is -2.37. The Balaban J connectivity index is 1.67. The molecule has 3 heterocycles. The summed E-state index contributed by atoms with van der Waals surface area (Å²) in [7, 11) is -18.0. The van der Waals surface area contributed by atoms with Gasteiger partial charge in [0, 0.05) is 6.42 Å². The van der Waals surface area contributed by atoms with E-state index < -0.39 is 60.2 Å². The van der Waals surface area contributed by atoms with Crippen molar-refractivity contribution < 1.29 is 60.7 Å². The molecule has 0 saturated carbocycles. The number of nitrogen functional groups attached to an aromatic ring is 1. The second kappa shape index (κ2) is 8.44. The van der Waals surface area contributed by atoms with Gasteiger partial charge in [0.2, 0.25) is 0 Å². The molecule has 0 spiro atoms. The molecule has 1 aliphatic rings. The Bertz CT molecular complexity index is 1170. The number of nitrogens with two attached hydrogens (primary N) is 1. The lowest BCUT2D eigenvalue weighted by molar-refractivity contribution is -0.339. The van der Waals surface area contributed by atoms with Gasteiger partial charge in [-0.2, -0.15) is 4.98 Å². The van der Waals surface area contributed by atoms with Crippen LogP contribution < -0.4 is 30.9 Å². The number of hydrogen-bond donors (Lipinski definition) is 2. The third kappa shape index (κ3) is 6.04. The molecule has 18 nitrogen and oxygen atoms in total. The summed E-state index contributed by atoms with van der Waals surface area (Å²) in [6, 6.07) is -0.466. The molecule has 0 aromatic carbocycles. The quantitative estimate of drug-likeness (QED) is 0.329. The minimum Gasteiger partial charge on any atom is -0.790 e. The molecule has 2 aromatic heterocycles. The van der Waals surface area contributed by atoms with E-state index in [0.717, 1.165) is 6.33 Å². The first kappa shape index (κ1) is 24.1. The number of phosphoric ester groups is 1. The van der Waals surface area contributed by atoms with E-state index in [4.69, 9.17) is 10.5 Å². The first-order valence-electron chi connectivity index (χ1n) is 7.84. The van der Waals surface area contributed by atoms with Gasteiger partial charge in [0.25, 0.3) is 21.7 Å². The maximum atomic E-state index is 11.7. The van der Waals surface area contributed by atoms with Gasteiger partial charge in [0.05, 0.1) is 26.9 Å². The summed E-state index contributed by atoms with van der Waals surface area (Å²) in [4.78, 5) is 62.6. The summed E-state index contributed by atoms with van der Waals surface area (Å²) in [5, 5.41) is 10.1. The van der Waals surface area contributed by atoms with Crippen LogP contribution in [-0.2, 0) is 31.6 Å². The molecule has 31 heavy (non-hydrogen) atoms. The summed E-state index contributed by atoms with van der Waals surface area (Å²) in [5.74, 6) is 0. The van der Waals surface area contributed by atoms with Crippen molar-refractivity contribution in [1.82, 2.24) is 14.5 Å². The highest BCUT2D eigenvalue weighted by Crippen LogP contribution is 2.60. The Morgan fingerprint density at radius 3 is 2.55 bits per heavy atom. The van der Waals surface area contributed by atoms with Gasteiger partial charge < -0.3 is 48.7 Å². The van der Waals surface area contributed by atoms with Crippen LogP contribution >= 0.6 is 23.5 Å². The van der Waals surface area contributed by atoms with Crippen molar-refractivity contribution in [2.45, 2.75) is 24.9 Å². The average Bonchev–Trinajstić information content (AvgIpc) is 3.13. The molecule has 0 aliphatic carbocycles. The van der Waals surface area contributed by atoms with Crippen molar-refractivity contribution in [3.05, 3.63) is 16.7 Å². The highest BCUT2D eigenvalue weighted by molar-refractivity contribution is 7.64. The molecule has 1 aliphatic heterocycles. The van der Waals surface area contributed by atoms with Crippen LogP contribution in [0.4, 0.5) is 6.01 Å². The van der Waals surface area contributed by atoms with E-state index in [-0.39, 0.29) is 17.6 Å². The summed E-state index contributed by atoms with van der Waals surface area (Å²) in [5.41, 5.74) is 4.25. The Kier molecular flexibility index (Phi) is 6.57. The van der Waals surface area contributed by atoms with E-state index in [0.29, 0.717) is 0 Å². The van der Waals surface area contributed by atoms with Crippen LogP contribution in [0.3, 0.4) is 0 Å². The van der Waals surface area contributed by atoms with Gasteiger partial charge in [-0.1, -0.05) is 0 Å². The Morgan fingerprint density at radius 1 is 1.23 bits per heavy atom. The molecule has 0 radical (unpaired) electrons. The SMILES string of the molecule is Nc1nc2c(ncn2[C@H]2CC(O)[C@@H](COP(=O)([O-])OP(=O)([O-])OP(=O)([O-])[O-])O2)c(=O)o1. The van der Waals surface area contributed by atoms with E-state index in [1.165, 1.54) is 4.57 Å². The van der Waals surface area contributed by atoms with Gasteiger partial charge in [0.15, 0.2) is 11.2 Å². The Morgan fingerprint density at radius 2 is 1.90 bits per heavy atom. The maximum absolute atomic E-state index is 11.7. The Labute approximate surface area is 170 Å². The molecule has 5 atom stereocenters. The molecule has 0 amide bonds. The molecule has 0 bridgehead atoms. The minimum atomic E-state index is -6.12. The van der Waals surface area contributed by atoms with Gasteiger partial charge in [0.1, 0.15) is 12.3 Å². The minimum absolute atomic E-state index is 0.0468. The van der Waals surface area contributed by atoms with E-state index >= 15 is 0 Å². The lowest BCUT2D eigenvalue weighted by Crippen LogP contribution is -2.27. The summed E-state index contributed by atoms with van der Waals surface area (Å²) < 4.78 is 54.9. The molecule has 21 heteroatoms. The number of hydrogen-bond acceptors (Lipinski definition) is 17. The second-order valence-corrected chi connectivity index (χ2v) is 10.1. The molecule has 174 valence electrons. The van der Waals surface area contributed by atoms with Crippen molar-refractivity contribution in [1.29, 1.82) is 0 Å². The predicted octanol–water partition coefficient (Wildman–Crippen LogP) is -3.57. The summed E-state index contributed by atoms with van der Waals surface area (Å²) in [6.45, 7) is -0.977. The fourth-order valence-corrected chi connectivity index (χ4v) is 5.44. The number of ether oxygens (including phenoxy) is 1. The van der Waals surface area contributed by atoms with Crippen molar-refractivity contribution in [3.63, 3.8) is 0 Å². The highest BCUT2D eigenvalue weighted by Gasteiger charge is 2.37. The molecule has 3 rings (SSSR count). The number of nitrogens with zero attached hydrogens (tertiary/aromatic N) is 3. The molecular weight excluding hydrogens is 493 g/mol. The maximum Gasteiger partial charge on any atom is 0.368 e. The number of aliphatic hydroxyl groups excluding tert-OH is 1. The van der Waals surface area contributed by atoms with E-state index in [9.17, 15) is 43.2 Å². The number of aliphatic hydroxyl groups is 1. The fourth-order valence-electron chi connectivity index (χ4n) is 2.57. The summed E-state index contributed by atoms with van der Waals surface area (Å²) >= 11 is 0. The molecule has 3 N–H and O–H groups in total. The zero-order valence-corrected chi connectivity index (χ0v) is 17.4. The van der Waals surface area contributed by atoms with Crippen LogP contribution in [0, 0.1) is 0 Å². The largest absolute Gasteiger partial charge is 0.790 e. The monoisotopic (exact) mass is 504 g/mol. The number of phosphoric acid groups is 3. The van der Waals surface area contributed by atoms with Crippen LogP contribution in [0.25, 0.3) is 11.2 Å². The van der Waals surface area contributed by atoms with Crippen molar-refractivity contribution in [3.8, 4) is 0 Å². The molecule has 1 saturated heterocycles. The van der Waals surface area contributed by atoms with Crippen LogP contribution in [0.5, 0.6) is 0 Å². The second-order valence-electron chi connectivity index (χ2n) is 5.90. The number of anilines is 1. The normalized spacial score (nSPS) is 26.0. The van der Waals surface area contributed by atoms with Gasteiger partial charge in [-0.25, -0.2) is 14.1 Å². The Hall–Kier alpha value is -1.52. The van der Waals surface area contributed by atoms with Crippen LogP contribution in [0.1, 0.15) is 12.6 Å². The zero-order valence-electron chi connectivity index (χ0n) is 14.7. The number of aromatic nitrogens is 3. The van der Waals surface area contributed by atoms with Crippen molar-refractivity contribution in [2.75, 3.05) is 12.3 Å². The number of rotatable bonds is 8. The first-order chi connectivity index (χ1) is 14.2. The van der Waals surface area contributed by atoms with Gasteiger partial charge in [-0.15, -0.1) is 0 Å². The molecule has 2 aromatic rings. The third-order valence-corrected chi connectivity index (χ3v) is 7.35. The predicted molar refractivity (Wildman–Crippen MR) is 86.0 cm³/mol. The summed E-state index contributed by atoms with van der Waals surface area (Å²) in [6.07, 6.45) is -2.76. The van der Waals surface area contributed by atoms with Crippen LogP contribution in [-0.4, -0.2) is 38.5 Å². The third-order valence-electron chi connectivity index (χ3n) is 3.69. The lowest BCUT2D eigenvalue weighted by atomic mass is 10.2. The van der Waals surface area contributed by atoms with Crippen molar-refractivity contribution >= 4 is 40.6 Å². The molecule has 3 unspecified atom stereocenters. The van der Waals surface area contributed by atoms with Gasteiger partial charge >= 0.3 is 5.63 Å². The van der Waals surface area contributed by atoms with Crippen LogP contribution in [0.15, 0.2) is 15.5 Å². The fraction of sp³-hybridized carbons (Fsp3) is 0.500. The van der Waals surface area contributed by atoms with E-state index in [1.807, 2.05) is 0 Å². The smallest absolute Gasteiger partial charge is 0.368 e. The van der Waals surface area contributed by atoms with Gasteiger partial charge in [-0.05, 0) is 0 Å². The molecule has 1 fully saturated rings. The van der Waals surface area contributed by atoms with E-state index in [2.05, 4.69) is 27.5 Å². The van der Waals surface area contributed by atoms with Crippen LogP contribution in [0.2, 0.25) is 0 Å². The first-order valence-corrected chi connectivity index (χ1v) is 12.2.